The topological polar surface area (TPSA) is 120 Å². The quantitative estimate of drug-likeness (QED) is 0.165. The smallest absolute Gasteiger partial charge is 0.429 e. The van der Waals surface area contributed by atoms with Gasteiger partial charge in [0.2, 0.25) is 17.9 Å². The maximum atomic E-state index is 14.8. The number of nitrogens with two attached hydrogens (primary N) is 1. The van der Waals surface area contributed by atoms with Crippen molar-refractivity contribution in [1.29, 1.82) is 0 Å². The number of hydrogen-bond donors (Lipinski definition) is 2. The molecule has 2 saturated heterocycles. The number of rotatable bonds is 8. The molecule has 0 saturated carbocycles. The zero-order valence-corrected chi connectivity index (χ0v) is 27.0. The van der Waals surface area contributed by atoms with E-state index in [0.717, 1.165) is 12.8 Å². The summed E-state index contributed by atoms with van der Waals surface area (Å²) in [5, 5.41) is 7.50. The average molecular weight is 688 g/mol. The van der Waals surface area contributed by atoms with E-state index in [2.05, 4.69) is 20.4 Å². The third-order valence-electron chi connectivity index (χ3n) is 8.86. The molecule has 3 N–H and O–H groups in total. The van der Waals surface area contributed by atoms with Crippen molar-refractivity contribution >= 4 is 29.3 Å². The molecule has 2 aliphatic heterocycles. The molecule has 2 fully saturated rings. The fraction of sp³-hybridized carbons (Fsp3) is 0.394. The number of halogens is 5. The lowest BCUT2D eigenvalue weighted by Crippen LogP contribution is -2.41. The molecule has 0 amide bonds. The second-order valence-corrected chi connectivity index (χ2v) is 12.6. The van der Waals surface area contributed by atoms with Crippen LogP contribution in [0.25, 0.3) is 16.8 Å². The lowest BCUT2D eigenvalue weighted by molar-refractivity contribution is -0.198. The fourth-order valence-electron chi connectivity index (χ4n) is 6.37. The van der Waals surface area contributed by atoms with Gasteiger partial charge in [-0.05, 0) is 73.9 Å². The monoisotopic (exact) mass is 687 g/mol. The Morgan fingerprint density at radius 1 is 1.12 bits per heavy atom. The maximum absolute atomic E-state index is 14.8. The number of benzene rings is 2. The lowest BCUT2D eigenvalue weighted by Gasteiger charge is -2.39. The highest BCUT2D eigenvalue weighted by Crippen LogP contribution is 2.43. The van der Waals surface area contributed by atoms with E-state index in [1.165, 1.54) is 47.1 Å². The van der Waals surface area contributed by atoms with Gasteiger partial charge in [-0.1, -0.05) is 29.8 Å². The molecule has 0 radical (unpaired) electrons. The summed E-state index contributed by atoms with van der Waals surface area (Å²) in [6.07, 6.45) is -3.67. The first-order valence-electron chi connectivity index (χ1n) is 15.5. The van der Waals surface area contributed by atoms with Crippen LogP contribution in [0.4, 0.5) is 29.3 Å². The van der Waals surface area contributed by atoms with E-state index in [4.69, 9.17) is 26.8 Å². The molecular weight excluding hydrogens is 654 g/mol. The highest BCUT2D eigenvalue weighted by Gasteiger charge is 2.46. The normalized spacial score (nSPS) is 18.2. The minimum absolute atomic E-state index is 0.0956. The molecule has 4 aromatic rings. The van der Waals surface area contributed by atoms with E-state index in [-0.39, 0.29) is 45.5 Å². The van der Waals surface area contributed by atoms with E-state index in [1.54, 1.807) is 26.1 Å². The van der Waals surface area contributed by atoms with Crippen molar-refractivity contribution in [2.75, 3.05) is 36.9 Å². The van der Waals surface area contributed by atoms with E-state index < -0.39 is 18.1 Å². The Bertz CT molecular complexity index is 1810. The fourth-order valence-corrected chi connectivity index (χ4v) is 6.55. The van der Waals surface area contributed by atoms with Gasteiger partial charge in [0.25, 0.3) is 0 Å². The third-order valence-corrected chi connectivity index (χ3v) is 9.15. The van der Waals surface area contributed by atoms with E-state index in [1.807, 2.05) is 4.90 Å². The van der Waals surface area contributed by atoms with Gasteiger partial charge in [0.15, 0.2) is 0 Å². The maximum Gasteiger partial charge on any atom is 0.429 e. The molecule has 10 nitrogen and oxygen atoms in total. The largest absolute Gasteiger partial charge is 0.465 e. The van der Waals surface area contributed by atoms with Crippen LogP contribution in [0.5, 0.6) is 5.88 Å². The molecule has 254 valence electrons. The van der Waals surface area contributed by atoms with E-state index in [9.17, 15) is 22.4 Å². The number of anilines is 2. The second kappa shape index (κ2) is 13.2. The summed E-state index contributed by atoms with van der Waals surface area (Å²) in [4.78, 5) is 22.5. The predicted octanol–water partition coefficient (Wildman–Crippen LogP) is 6.21. The number of carbonyl (C=O) groups excluding carboxylic acids is 1. The van der Waals surface area contributed by atoms with Gasteiger partial charge in [-0.2, -0.15) is 28.2 Å². The van der Waals surface area contributed by atoms with Crippen molar-refractivity contribution in [1.82, 2.24) is 25.1 Å². The number of alkyl halides is 3. The molecule has 6 rings (SSSR count). The molecule has 0 bridgehead atoms. The highest BCUT2D eigenvalue weighted by atomic mass is 35.5. The summed E-state index contributed by atoms with van der Waals surface area (Å²) < 4.78 is 70.5. The SMILES string of the molecule is CCOC(=O)[C@@H]1CC2(CCN(c3cc(O[C@H](c4ccc(-c5ccc(F)c(Cl)c5)cc4-n4ccc(C)n4)C(F)(F)F)nc(N)n3)CC2)CN1. The molecule has 2 aromatic heterocycles. The molecule has 2 aromatic carbocycles. The Hall–Kier alpha value is -4.43. The molecule has 48 heavy (non-hydrogen) atoms. The van der Waals surface area contributed by atoms with Gasteiger partial charge in [-0.25, -0.2) is 9.07 Å². The molecule has 0 unspecified atom stereocenters. The third kappa shape index (κ3) is 7.04. The molecule has 15 heteroatoms. The van der Waals surface area contributed by atoms with E-state index in [0.29, 0.717) is 55.3 Å². The highest BCUT2D eigenvalue weighted by molar-refractivity contribution is 6.31. The number of hydrogen-bond acceptors (Lipinski definition) is 9. The van der Waals surface area contributed by atoms with Gasteiger partial charge in [-0.3, -0.25) is 4.79 Å². The summed E-state index contributed by atoms with van der Waals surface area (Å²) in [6, 6.07) is 11.0. The van der Waals surface area contributed by atoms with Crippen molar-refractivity contribution < 1.29 is 31.8 Å². The number of carbonyl (C=O) groups is 1. The van der Waals surface area contributed by atoms with Crippen molar-refractivity contribution in [3.63, 3.8) is 0 Å². The summed E-state index contributed by atoms with van der Waals surface area (Å²) in [5.74, 6) is -1.12. The minimum atomic E-state index is -4.88. The van der Waals surface area contributed by atoms with Crippen LogP contribution >= 0.6 is 11.6 Å². The number of piperidine rings is 1. The van der Waals surface area contributed by atoms with E-state index >= 15 is 0 Å². The number of aryl methyl sites for hydroxylation is 1. The summed E-state index contributed by atoms with van der Waals surface area (Å²) in [6.45, 7) is 5.56. The Morgan fingerprint density at radius 3 is 2.52 bits per heavy atom. The first-order valence-corrected chi connectivity index (χ1v) is 15.9. The van der Waals surface area contributed by atoms with Crippen LogP contribution in [0.3, 0.4) is 0 Å². The van der Waals surface area contributed by atoms with Gasteiger partial charge < -0.3 is 25.4 Å². The first kappa shape index (κ1) is 33.5. The van der Waals surface area contributed by atoms with Crippen LogP contribution in [0.1, 0.15) is 43.5 Å². The Labute approximate surface area is 279 Å². The number of nitrogen functional groups attached to an aromatic ring is 1. The molecular formula is C33H34ClF4N7O3. The number of nitrogens with zero attached hydrogens (tertiary/aromatic N) is 5. The van der Waals surface area contributed by atoms with Gasteiger partial charge in [0, 0.05) is 37.5 Å². The van der Waals surface area contributed by atoms with Crippen molar-refractivity contribution in [2.24, 2.45) is 5.41 Å². The number of ether oxygens (including phenoxy) is 2. The van der Waals surface area contributed by atoms with Gasteiger partial charge in [-0.15, -0.1) is 0 Å². The van der Waals surface area contributed by atoms with Gasteiger partial charge in [0.1, 0.15) is 17.7 Å². The molecule has 2 atom stereocenters. The van der Waals surface area contributed by atoms with Crippen LogP contribution in [0.15, 0.2) is 54.7 Å². The number of aromatic nitrogens is 4. The van der Waals surface area contributed by atoms with Crippen LogP contribution in [0, 0.1) is 18.2 Å². The standard InChI is InChI=1S/C33H34ClF4N7O3/c1-3-47-30(46)25-17-32(18-40-25)9-12-44(13-10-32)27-16-28(42-31(39)41-27)48-29(33(36,37)38)22-6-4-21(20-5-7-24(35)23(34)14-20)15-26(22)45-11-8-19(2)43-45/h4-8,11,14-16,25,29,40H,3,9-10,12-13,17-18H2,1-2H3,(H2,39,41,42)/t25-,29+/m0/s1. The zero-order chi connectivity index (χ0) is 34.2. The summed E-state index contributed by atoms with van der Waals surface area (Å²) in [7, 11) is 0. The second-order valence-electron chi connectivity index (χ2n) is 12.1. The van der Waals surface area contributed by atoms with Crippen molar-refractivity contribution in [3.05, 3.63) is 76.8 Å². The minimum Gasteiger partial charge on any atom is -0.465 e. The summed E-state index contributed by atoms with van der Waals surface area (Å²) >= 11 is 5.99. The Morgan fingerprint density at radius 2 is 1.85 bits per heavy atom. The lowest BCUT2D eigenvalue weighted by atomic mass is 9.76. The first-order chi connectivity index (χ1) is 22.8. The Balaban J connectivity index is 1.28. The van der Waals surface area contributed by atoms with Crippen molar-refractivity contribution in [2.45, 2.75) is 51.4 Å². The Kier molecular flexibility index (Phi) is 9.22. The number of nitrogens with one attached hydrogen (secondary N) is 1. The molecule has 4 heterocycles. The molecule has 2 aliphatic rings. The molecule has 0 aliphatic carbocycles. The van der Waals surface area contributed by atoms with Gasteiger partial charge >= 0.3 is 12.1 Å². The average Bonchev–Trinajstić information content (AvgIpc) is 3.67. The van der Waals surface area contributed by atoms with Gasteiger partial charge in [0.05, 0.1) is 23.0 Å². The summed E-state index contributed by atoms with van der Waals surface area (Å²) in [5.41, 5.74) is 7.34. The molecule has 1 spiro atoms. The van der Waals surface area contributed by atoms with Crippen LogP contribution in [-0.4, -0.2) is 64.2 Å². The predicted molar refractivity (Wildman–Crippen MR) is 171 cm³/mol. The number of esters is 1. The zero-order valence-electron chi connectivity index (χ0n) is 26.2. The van der Waals surface area contributed by atoms with Crippen LogP contribution < -0.4 is 20.7 Å². The van der Waals surface area contributed by atoms with Crippen LogP contribution in [0.2, 0.25) is 5.02 Å². The van der Waals surface area contributed by atoms with Crippen molar-refractivity contribution in [3.8, 4) is 22.7 Å². The van der Waals surface area contributed by atoms with Crippen LogP contribution in [-0.2, 0) is 9.53 Å².